The van der Waals surface area contributed by atoms with Gasteiger partial charge in [-0.2, -0.15) is 0 Å². The largest absolute Gasteiger partial charge is 0.457 e. The van der Waals surface area contributed by atoms with Crippen LogP contribution in [-0.4, -0.2) is 64.4 Å². The Hall–Kier alpha value is -0.690. The first kappa shape index (κ1) is 15.4. The van der Waals surface area contributed by atoms with Gasteiger partial charge in [0.15, 0.2) is 6.10 Å². The molecule has 0 saturated carbocycles. The van der Waals surface area contributed by atoms with Crippen LogP contribution in [-0.2, 0) is 28.5 Å². The highest BCUT2D eigenvalue weighted by Gasteiger charge is 2.43. The maximum atomic E-state index is 11.2. The number of methoxy groups -OCH3 is 2. The first-order valence-corrected chi connectivity index (χ1v) is 6.06. The normalized spacial score (nSPS) is 32.2. The molecule has 0 aromatic carbocycles. The summed E-state index contributed by atoms with van der Waals surface area (Å²) in [5.41, 5.74) is 0. The quantitative estimate of drug-likeness (QED) is 0.645. The summed E-state index contributed by atoms with van der Waals surface area (Å²) in [5, 5.41) is 0. The molecule has 1 saturated heterocycles. The molecule has 0 N–H and O–H groups in total. The summed E-state index contributed by atoms with van der Waals surface area (Å²) >= 11 is 0. The van der Waals surface area contributed by atoms with E-state index in [2.05, 4.69) is 0 Å². The first-order chi connectivity index (χ1) is 8.63. The lowest BCUT2D eigenvalue weighted by Crippen LogP contribution is -2.57. The SMILES string of the molecule is CCO[C@H]1[C@H](OC(C)=O)[C@@H](COC)OC[C@@H]1OC. The van der Waals surface area contributed by atoms with Crippen molar-refractivity contribution in [2.24, 2.45) is 0 Å². The summed E-state index contributed by atoms with van der Waals surface area (Å²) in [6.07, 6.45) is -1.43. The van der Waals surface area contributed by atoms with Crippen molar-refractivity contribution in [2.45, 2.75) is 38.3 Å². The van der Waals surface area contributed by atoms with Gasteiger partial charge in [0, 0.05) is 27.8 Å². The van der Waals surface area contributed by atoms with E-state index >= 15 is 0 Å². The Morgan fingerprint density at radius 3 is 2.56 bits per heavy atom. The molecular formula is C12H22O6. The van der Waals surface area contributed by atoms with Gasteiger partial charge in [0.1, 0.15) is 18.3 Å². The van der Waals surface area contributed by atoms with Gasteiger partial charge in [-0.15, -0.1) is 0 Å². The second-order valence-electron chi connectivity index (χ2n) is 4.10. The lowest BCUT2D eigenvalue weighted by molar-refractivity contribution is -0.229. The van der Waals surface area contributed by atoms with Gasteiger partial charge >= 0.3 is 5.97 Å². The lowest BCUT2D eigenvalue weighted by Gasteiger charge is -2.40. The number of hydrogen-bond donors (Lipinski definition) is 0. The summed E-state index contributed by atoms with van der Waals surface area (Å²) in [5.74, 6) is -0.369. The zero-order chi connectivity index (χ0) is 13.5. The Morgan fingerprint density at radius 1 is 1.33 bits per heavy atom. The number of hydrogen-bond acceptors (Lipinski definition) is 6. The predicted molar refractivity (Wildman–Crippen MR) is 63.4 cm³/mol. The first-order valence-electron chi connectivity index (χ1n) is 6.06. The Bertz CT molecular complexity index is 257. The van der Waals surface area contributed by atoms with Crippen LogP contribution < -0.4 is 0 Å². The summed E-state index contributed by atoms with van der Waals surface area (Å²) in [6, 6.07) is 0. The summed E-state index contributed by atoms with van der Waals surface area (Å²) < 4.78 is 26.9. The Morgan fingerprint density at radius 2 is 2.06 bits per heavy atom. The molecule has 1 aliphatic rings. The molecule has 0 amide bonds. The maximum absolute atomic E-state index is 11.2. The predicted octanol–water partition coefficient (Wildman–Crippen LogP) is 0.383. The van der Waals surface area contributed by atoms with Crippen molar-refractivity contribution >= 4 is 5.97 Å². The topological polar surface area (TPSA) is 63.2 Å². The molecule has 6 nitrogen and oxygen atoms in total. The van der Waals surface area contributed by atoms with E-state index in [-0.39, 0.29) is 24.3 Å². The average Bonchev–Trinajstić information content (AvgIpc) is 2.33. The van der Waals surface area contributed by atoms with Crippen LogP contribution >= 0.6 is 0 Å². The Kier molecular flexibility index (Phi) is 6.56. The minimum atomic E-state index is -0.513. The fourth-order valence-corrected chi connectivity index (χ4v) is 2.07. The molecule has 18 heavy (non-hydrogen) atoms. The van der Waals surface area contributed by atoms with Crippen LogP contribution in [0, 0.1) is 0 Å². The van der Waals surface area contributed by atoms with Gasteiger partial charge in [-0.05, 0) is 6.92 Å². The highest BCUT2D eigenvalue weighted by atomic mass is 16.6. The van der Waals surface area contributed by atoms with E-state index < -0.39 is 6.10 Å². The third-order valence-electron chi connectivity index (χ3n) is 2.83. The van der Waals surface area contributed by atoms with Crippen molar-refractivity contribution in [1.82, 2.24) is 0 Å². The van der Waals surface area contributed by atoms with Crippen LogP contribution in [0.2, 0.25) is 0 Å². The van der Waals surface area contributed by atoms with E-state index in [0.29, 0.717) is 19.8 Å². The summed E-state index contributed by atoms with van der Waals surface area (Å²) in [6.45, 7) is 4.51. The monoisotopic (exact) mass is 262 g/mol. The molecule has 1 rings (SSSR count). The van der Waals surface area contributed by atoms with E-state index in [4.69, 9.17) is 23.7 Å². The maximum Gasteiger partial charge on any atom is 0.303 e. The molecule has 0 bridgehead atoms. The van der Waals surface area contributed by atoms with Gasteiger partial charge in [-0.3, -0.25) is 4.79 Å². The second kappa shape index (κ2) is 7.68. The molecule has 4 atom stereocenters. The van der Waals surface area contributed by atoms with Crippen molar-refractivity contribution in [3.63, 3.8) is 0 Å². The van der Waals surface area contributed by atoms with Crippen LogP contribution in [0.4, 0.5) is 0 Å². The van der Waals surface area contributed by atoms with E-state index in [0.717, 1.165) is 0 Å². The number of rotatable bonds is 6. The Balaban J connectivity index is 2.80. The van der Waals surface area contributed by atoms with Crippen molar-refractivity contribution in [3.05, 3.63) is 0 Å². The number of esters is 1. The van der Waals surface area contributed by atoms with Gasteiger partial charge < -0.3 is 23.7 Å². The zero-order valence-electron chi connectivity index (χ0n) is 11.4. The second-order valence-corrected chi connectivity index (χ2v) is 4.10. The number of ether oxygens (including phenoxy) is 5. The van der Waals surface area contributed by atoms with Gasteiger partial charge in [-0.1, -0.05) is 0 Å². The molecule has 1 heterocycles. The number of carbonyl (C=O) groups is 1. The zero-order valence-corrected chi connectivity index (χ0v) is 11.4. The Labute approximate surface area is 107 Å². The van der Waals surface area contributed by atoms with E-state index in [9.17, 15) is 4.79 Å². The summed E-state index contributed by atoms with van der Waals surface area (Å²) in [7, 11) is 3.16. The fourth-order valence-electron chi connectivity index (χ4n) is 2.07. The van der Waals surface area contributed by atoms with Crippen molar-refractivity contribution in [2.75, 3.05) is 34.0 Å². The molecule has 0 aromatic heterocycles. The molecule has 0 unspecified atom stereocenters. The molecule has 1 fully saturated rings. The van der Waals surface area contributed by atoms with E-state index in [1.807, 2.05) is 6.92 Å². The van der Waals surface area contributed by atoms with Crippen molar-refractivity contribution in [1.29, 1.82) is 0 Å². The van der Waals surface area contributed by atoms with E-state index in [1.165, 1.54) is 6.92 Å². The van der Waals surface area contributed by atoms with Crippen molar-refractivity contribution in [3.8, 4) is 0 Å². The van der Waals surface area contributed by atoms with Crippen LogP contribution in [0.15, 0.2) is 0 Å². The van der Waals surface area contributed by atoms with E-state index in [1.54, 1.807) is 14.2 Å². The average molecular weight is 262 g/mol. The van der Waals surface area contributed by atoms with Gasteiger partial charge in [0.05, 0.1) is 13.2 Å². The molecule has 0 spiro atoms. The standard InChI is InChI=1S/C12H22O6/c1-5-16-11-9(15-4)7-17-10(6-14-3)12(11)18-8(2)13/h9-12H,5-7H2,1-4H3/t9-,10+,11+,12+/m0/s1. The lowest BCUT2D eigenvalue weighted by atomic mass is 9.99. The molecular weight excluding hydrogens is 240 g/mol. The smallest absolute Gasteiger partial charge is 0.303 e. The fraction of sp³-hybridized carbons (Fsp3) is 0.917. The molecule has 0 aliphatic carbocycles. The van der Waals surface area contributed by atoms with Crippen LogP contribution in [0.5, 0.6) is 0 Å². The summed E-state index contributed by atoms with van der Waals surface area (Å²) in [4.78, 5) is 11.2. The van der Waals surface area contributed by atoms with Crippen LogP contribution in [0.25, 0.3) is 0 Å². The number of carbonyl (C=O) groups excluding carboxylic acids is 1. The minimum absolute atomic E-state index is 0.248. The van der Waals surface area contributed by atoms with Gasteiger partial charge in [-0.25, -0.2) is 0 Å². The molecule has 6 heteroatoms. The highest BCUT2D eigenvalue weighted by molar-refractivity contribution is 5.66. The highest BCUT2D eigenvalue weighted by Crippen LogP contribution is 2.23. The third-order valence-corrected chi connectivity index (χ3v) is 2.83. The van der Waals surface area contributed by atoms with Crippen LogP contribution in [0.3, 0.4) is 0 Å². The molecule has 1 aliphatic heterocycles. The molecule has 0 radical (unpaired) electrons. The van der Waals surface area contributed by atoms with Crippen LogP contribution in [0.1, 0.15) is 13.8 Å². The van der Waals surface area contributed by atoms with Crippen molar-refractivity contribution < 1.29 is 28.5 Å². The molecule has 106 valence electrons. The van der Waals surface area contributed by atoms with Gasteiger partial charge in [0.25, 0.3) is 0 Å². The third kappa shape index (κ3) is 3.91. The van der Waals surface area contributed by atoms with Gasteiger partial charge in [0.2, 0.25) is 0 Å². The minimum Gasteiger partial charge on any atom is -0.457 e. The molecule has 0 aromatic rings.